The van der Waals surface area contributed by atoms with Gasteiger partial charge < -0.3 is 30.4 Å². The van der Waals surface area contributed by atoms with Gasteiger partial charge in [-0.05, 0) is 0 Å². The molecule has 84 valence electrons. The lowest BCUT2D eigenvalue weighted by Gasteiger charge is -2.03. The number of rotatable bonds is 8. The van der Waals surface area contributed by atoms with Crippen LogP contribution in [0.2, 0.25) is 0 Å². The van der Waals surface area contributed by atoms with Crippen LogP contribution in [0.4, 0.5) is 0 Å². The Kier molecular flexibility index (Phi) is 20.1. The molecule has 0 radical (unpaired) electrons. The van der Waals surface area contributed by atoms with Crippen LogP contribution >= 0.6 is 0 Å². The Hall–Kier alpha value is -0.850. The van der Waals surface area contributed by atoms with Gasteiger partial charge in [0.1, 0.15) is 0 Å². The molecule has 0 fully saturated rings. The van der Waals surface area contributed by atoms with E-state index in [1.54, 1.807) is 7.11 Å². The van der Waals surface area contributed by atoms with E-state index in [0.29, 0.717) is 33.0 Å². The Morgan fingerprint density at radius 2 is 1.43 bits per heavy atom. The summed E-state index contributed by atoms with van der Waals surface area (Å²) >= 11 is 0. The molecule has 0 aliphatic carbocycles. The van der Waals surface area contributed by atoms with Crippen LogP contribution in [-0.4, -0.2) is 51.9 Å². The minimum Gasteiger partial charge on any atom is -0.394 e. The van der Waals surface area contributed by atoms with Gasteiger partial charge in [-0.3, -0.25) is 4.91 Å². The van der Waals surface area contributed by atoms with Gasteiger partial charge in [0.15, 0.2) is 0 Å². The zero-order chi connectivity index (χ0) is 11.1. The Morgan fingerprint density at radius 3 is 1.86 bits per heavy atom. The van der Waals surface area contributed by atoms with Crippen molar-refractivity contribution in [1.29, 1.82) is 0 Å². The van der Waals surface area contributed by atoms with Gasteiger partial charge in [0.2, 0.25) is 0 Å². The number of methoxy groups -OCH3 is 1. The van der Waals surface area contributed by atoms with Crippen LogP contribution < -0.4 is 0 Å². The molecule has 0 aliphatic rings. The molecule has 1 N–H and O–H groups in total. The van der Waals surface area contributed by atoms with Crippen molar-refractivity contribution in [2.45, 2.75) is 0 Å². The fourth-order valence-corrected chi connectivity index (χ4v) is 0.529. The van der Waals surface area contributed by atoms with Crippen molar-refractivity contribution < 1.29 is 19.3 Å². The average Bonchev–Trinajstić information content (AvgIpc) is 2.18. The molecule has 0 atom stereocenters. The Balaban J connectivity index is 0. The van der Waals surface area contributed by atoms with Crippen molar-refractivity contribution in [1.82, 2.24) is 0 Å². The molecule has 7 nitrogen and oxygen atoms in total. The normalized spacial score (nSPS) is 8.71. The third kappa shape index (κ3) is 22.5. The molecule has 0 bridgehead atoms. The minimum atomic E-state index is 0.0675. The molecule has 0 aromatic carbocycles. The van der Waals surface area contributed by atoms with Crippen molar-refractivity contribution in [2.75, 3.05) is 46.8 Å². The summed E-state index contributed by atoms with van der Waals surface area (Å²) in [5.74, 6) is 0. The smallest absolute Gasteiger partial charge is 0.0701 e. The number of ether oxygens (including phenoxy) is 3. The lowest BCUT2D eigenvalue weighted by Crippen LogP contribution is -2.09. The summed E-state index contributed by atoms with van der Waals surface area (Å²) in [6.07, 6.45) is 0. The second kappa shape index (κ2) is 18.0. The van der Waals surface area contributed by atoms with E-state index < -0.39 is 0 Å². The van der Waals surface area contributed by atoms with Crippen LogP contribution in [0.25, 0.3) is 16.0 Å². The second-order valence-corrected chi connectivity index (χ2v) is 2.03. The maximum absolute atomic E-state index is 8.32. The highest BCUT2D eigenvalue weighted by Crippen LogP contribution is 1.78. The number of aliphatic hydroxyl groups excluding tert-OH is 1. The Bertz CT molecular complexity index is 120. The zero-order valence-corrected chi connectivity index (χ0v) is 8.26. The van der Waals surface area contributed by atoms with Crippen molar-refractivity contribution in [3.05, 3.63) is 16.0 Å². The quantitative estimate of drug-likeness (QED) is 0.270. The molecule has 0 saturated carbocycles. The van der Waals surface area contributed by atoms with Gasteiger partial charge in [-0.25, -0.2) is 0 Å². The van der Waals surface area contributed by atoms with E-state index in [-0.39, 0.29) is 6.61 Å². The van der Waals surface area contributed by atoms with Crippen LogP contribution in [0.1, 0.15) is 0 Å². The molecule has 0 spiro atoms. The van der Waals surface area contributed by atoms with Crippen LogP contribution in [0.15, 0.2) is 0 Å². The highest BCUT2D eigenvalue weighted by Gasteiger charge is 1.87. The summed E-state index contributed by atoms with van der Waals surface area (Å²) in [5.41, 5.74) is 13.5. The SMILES string of the molecule is COCCOCCOCCO.[N-]=[N+]=[N-]. The molecule has 0 rings (SSSR count). The Labute approximate surface area is 83.0 Å². The van der Waals surface area contributed by atoms with Crippen molar-refractivity contribution >= 4 is 0 Å². The first-order chi connectivity index (χ1) is 6.83. The Morgan fingerprint density at radius 1 is 1.00 bits per heavy atom. The fraction of sp³-hybridized carbons (Fsp3) is 1.00. The van der Waals surface area contributed by atoms with Gasteiger partial charge in [0.25, 0.3) is 0 Å². The molecule has 0 amide bonds. The van der Waals surface area contributed by atoms with Gasteiger partial charge in [-0.15, -0.1) is 0 Å². The molecule has 0 saturated heterocycles. The van der Waals surface area contributed by atoms with E-state index in [9.17, 15) is 0 Å². The monoisotopic (exact) mass is 206 g/mol. The lowest BCUT2D eigenvalue weighted by molar-refractivity contribution is 0.0159. The third-order valence-electron chi connectivity index (χ3n) is 1.04. The molecule has 0 heterocycles. The summed E-state index contributed by atoms with van der Waals surface area (Å²) in [5, 5.41) is 8.32. The van der Waals surface area contributed by atoms with Gasteiger partial charge in [-0.1, -0.05) is 0 Å². The van der Waals surface area contributed by atoms with E-state index in [1.807, 2.05) is 0 Å². The van der Waals surface area contributed by atoms with Crippen LogP contribution in [-0.2, 0) is 14.2 Å². The molecular formula is C7H16N3O4-. The summed E-state index contributed by atoms with van der Waals surface area (Å²) in [6.45, 7) is 2.75. The zero-order valence-electron chi connectivity index (χ0n) is 8.26. The predicted octanol–water partition coefficient (Wildman–Crippen LogP) is 0.524. The molecule has 0 aliphatic heterocycles. The van der Waals surface area contributed by atoms with Gasteiger partial charge in [0.05, 0.1) is 39.6 Å². The fourth-order valence-electron chi connectivity index (χ4n) is 0.529. The number of hydrogen-bond donors (Lipinski definition) is 1. The van der Waals surface area contributed by atoms with Crippen LogP contribution in [0.5, 0.6) is 0 Å². The summed E-state index contributed by atoms with van der Waals surface area (Å²) < 4.78 is 14.8. The van der Waals surface area contributed by atoms with Crippen LogP contribution in [0.3, 0.4) is 0 Å². The first-order valence-electron chi connectivity index (χ1n) is 4.07. The summed E-state index contributed by atoms with van der Waals surface area (Å²) in [7, 11) is 1.63. The summed E-state index contributed by atoms with van der Waals surface area (Å²) in [4.78, 5) is 1.50. The highest BCUT2D eigenvalue weighted by atomic mass is 16.5. The van der Waals surface area contributed by atoms with E-state index >= 15 is 0 Å². The lowest BCUT2D eigenvalue weighted by atomic mass is 10.7. The van der Waals surface area contributed by atoms with Crippen LogP contribution in [0, 0.1) is 0 Å². The van der Waals surface area contributed by atoms with Crippen molar-refractivity contribution in [3.63, 3.8) is 0 Å². The molecular weight excluding hydrogens is 190 g/mol. The van der Waals surface area contributed by atoms with E-state index in [1.165, 1.54) is 4.91 Å². The third-order valence-corrected chi connectivity index (χ3v) is 1.04. The number of nitrogens with zero attached hydrogens (tertiary/aromatic N) is 3. The first-order valence-corrected chi connectivity index (χ1v) is 4.07. The van der Waals surface area contributed by atoms with E-state index in [4.69, 9.17) is 30.4 Å². The standard InChI is InChI=1S/C7H16O4.N3/c1-9-4-5-11-7-6-10-3-2-8;1-3-2/h8H,2-7H2,1H3;/q;-1. The molecule has 0 unspecified atom stereocenters. The summed E-state index contributed by atoms with van der Waals surface area (Å²) in [6, 6.07) is 0. The highest BCUT2D eigenvalue weighted by molar-refractivity contribution is 4.36. The largest absolute Gasteiger partial charge is 0.394 e. The maximum Gasteiger partial charge on any atom is 0.0701 e. The number of hydrogen-bond acceptors (Lipinski definition) is 4. The number of aliphatic hydroxyl groups is 1. The van der Waals surface area contributed by atoms with Gasteiger partial charge >= 0.3 is 0 Å². The predicted molar refractivity (Wildman–Crippen MR) is 50.7 cm³/mol. The molecule has 7 heteroatoms. The second-order valence-electron chi connectivity index (χ2n) is 2.03. The molecule has 0 aromatic rings. The average molecular weight is 206 g/mol. The molecule has 14 heavy (non-hydrogen) atoms. The topological polar surface area (TPSA) is 107 Å². The van der Waals surface area contributed by atoms with Crippen molar-refractivity contribution in [2.24, 2.45) is 0 Å². The van der Waals surface area contributed by atoms with Gasteiger partial charge in [-0.2, -0.15) is 0 Å². The molecule has 0 aromatic heterocycles. The van der Waals surface area contributed by atoms with Gasteiger partial charge in [0, 0.05) is 7.11 Å². The minimum absolute atomic E-state index is 0.0675. The van der Waals surface area contributed by atoms with E-state index in [0.717, 1.165) is 0 Å². The van der Waals surface area contributed by atoms with E-state index in [2.05, 4.69) is 0 Å². The first kappa shape index (κ1) is 15.6. The maximum atomic E-state index is 8.32. The van der Waals surface area contributed by atoms with Crippen molar-refractivity contribution in [3.8, 4) is 0 Å².